The van der Waals surface area contributed by atoms with Crippen molar-refractivity contribution >= 4 is 23.6 Å². The Kier molecular flexibility index (Phi) is 6.10. The molecule has 2 amide bonds. The monoisotopic (exact) mass is 338 g/mol. The van der Waals surface area contributed by atoms with Gasteiger partial charge in [0.25, 0.3) is 5.91 Å². The van der Waals surface area contributed by atoms with Gasteiger partial charge in [-0.15, -0.1) is 11.8 Å². The average Bonchev–Trinajstić information content (AvgIpc) is 3.12. The first-order chi connectivity index (χ1) is 10.9. The molecular formula is C16H26N4O2S. The van der Waals surface area contributed by atoms with Crippen molar-refractivity contribution in [1.29, 1.82) is 0 Å². The van der Waals surface area contributed by atoms with Crippen LogP contribution >= 0.6 is 11.8 Å². The Balaban J connectivity index is 2.05. The number of nitrogens with one attached hydrogen (secondary N) is 1. The van der Waals surface area contributed by atoms with Gasteiger partial charge in [0, 0.05) is 18.8 Å². The summed E-state index contributed by atoms with van der Waals surface area (Å²) in [6.07, 6.45) is 0.946. The summed E-state index contributed by atoms with van der Waals surface area (Å²) in [6.45, 7) is 9.38. The topological polar surface area (TPSA) is 67.2 Å². The van der Waals surface area contributed by atoms with Crippen molar-refractivity contribution < 1.29 is 9.59 Å². The van der Waals surface area contributed by atoms with Crippen LogP contribution in [0.25, 0.3) is 0 Å². The Morgan fingerprint density at radius 2 is 2.22 bits per heavy atom. The fourth-order valence-corrected chi connectivity index (χ4v) is 3.72. The van der Waals surface area contributed by atoms with Gasteiger partial charge >= 0.3 is 0 Å². The number of amides is 2. The van der Waals surface area contributed by atoms with Gasteiger partial charge < -0.3 is 10.2 Å². The van der Waals surface area contributed by atoms with E-state index in [0.717, 1.165) is 12.1 Å². The predicted octanol–water partition coefficient (Wildman–Crippen LogP) is 1.89. The molecule has 0 unspecified atom stereocenters. The second-order valence-electron chi connectivity index (χ2n) is 6.25. The van der Waals surface area contributed by atoms with Crippen LogP contribution in [0.2, 0.25) is 0 Å². The van der Waals surface area contributed by atoms with Crippen LogP contribution in [-0.2, 0) is 11.3 Å². The average molecular weight is 338 g/mol. The fraction of sp³-hybridized carbons (Fsp3) is 0.688. The van der Waals surface area contributed by atoms with Gasteiger partial charge in [-0.05, 0) is 32.3 Å². The molecule has 1 aliphatic rings. The molecule has 1 aromatic rings. The molecule has 0 spiro atoms. The highest BCUT2D eigenvalue weighted by molar-refractivity contribution is 7.99. The minimum atomic E-state index is -0.389. The normalized spacial score (nSPS) is 17.8. The standard InChI is InChI=1S/C16H26N4O2S/c1-5-20-13(8-12(4)18-20)16(22)19-10-23-9-14(19)15(21)17-7-6-11(2)3/h8,11,14H,5-7,9-10H2,1-4H3,(H,17,21)/t14-/m1/s1. The largest absolute Gasteiger partial charge is 0.354 e. The Morgan fingerprint density at radius 1 is 1.48 bits per heavy atom. The lowest BCUT2D eigenvalue weighted by atomic mass is 10.1. The van der Waals surface area contributed by atoms with E-state index in [9.17, 15) is 9.59 Å². The number of hydrogen-bond donors (Lipinski definition) is 1. The summed E-state index contributed by atoms with van der Waals surface area (Å²) in [5, 5.41) is 7.28. The van der Waals surface area contributed by atoms with Crippen molar-refractivity contribution in [3.05, 3.63) is 17.5 Å². The zero-order chi connectivity index (χ0) is 17.0. The Morgan fingerprint density at radius 3 is 2.87 bits per heavy atom. The molecule has 1 aliphatic heterocycles. The maximum atomic E-state index is 12.8. The van der Waals surface area contributed by atoms with Gasteiger partial charge in [0.15, 0.2) is 0 Å². The van der Waals surface area contributed by atoms with Crippen LogP contribution in [0.15, 0.2) is 6.07 Å². The Hall–Kier alpha value is -1.50. The molecule has 6 nitrogen and oxygen atoms in total. The Labute approximate surface area is 142 Å². The maximum Gasteiger partial charge on any atom is 0.273 e. The number of hydrogen-bond acceptors (Lipinski definition) is 4. The maximum absolute atomic E-state index is 12.8. The third kappa shape index (κ3) is 4.28. The number of aryl methyl sites for hydroxylation is 2. The first-order valence-corrected chi connectivity index (χ1v) is 9.30. The lowest BCUT2D eigenvalue weighted by molar-refractivity contribution is -0.124. The van der Waals surface area contributed by atoms with E-state index in [0.29, 0.717) is 36.3 Å². The van der Waals surface area contributed by atoms with E-state index in [-0.39, 0.29) is 17.9 Å². The summed E-state index contributed by atoms with van der Waals surface area (Å²) in [5.74, 6) is 1.59. The second-order valence-corrected chi connectivity index (χ2v) is 7.25. The molecule has 1 fully saturated rings. The third-order valence-electron chi connectivity index (χ3n) is 3.89. The molecule has 1 saturated heterocycles. The van der Waals surface area contributed by atoms with Gasteiger partial charge in [0.2, 0.25) is 5.91 Å². The van der Waals surface area contributed by atoms with Gasteiger partial charge in [0.1, 0.15) is 11.7 Å². The molecule has 0 saturated carbocycles. The molecule has 2 rings (SSSR count). The lowest BCUT2D eigenvalue weighted by Crippen LogP contribution is -2.48. The Bertz CT molecular complexity index is 570. The molecule has 0 radical (unpaired) electrons. The van der Waals surface area contributed by atoms with E-state index >= 15 is 0 Å². The number of aromatic nitrogens is 2. The summed E-state index contributed by atoms with van der Waals surface area (Å²) < 4.78 is 1.70. The van der Waals surface area contributed by atoms with Crippen molar-refractivity contribution in [3.8, 4) is 0 Å². The SMILES string of the molecule is CCn1nc(C)cc1C(=O)N1CSC[C@@H]1C(=O)NCCC(C)C. The molecule has 2 heterocycles. The van der Waals surface area contributed by atoms with Gasteiger partial charge in [-0.2, -0.15) is 5.10 Å². The highest BCUT2D eigenvalue weighted by Gasteiger charge is 2.36. The molecule has 128 valence electrons. The molecule has 1 aromatic heterocycles. The van der Waals surface area contributed by atoms with Gasteiger partial charge in [-0.1, -0.05) is 13.8 Å². The van der Waals surface area contributed by atoms with Crippen LogP contribution in [0.3, 0.4) is 0 Å². The highest BCUT2D eigenvalue weighted by Crippen LogP contribution is 2.23. The zero-order valence-electron chi connectivity index (χ0n) is 14.3. The van der Waals surface area contributed by atoms with E-state index in [1.54, 1.807) is 27.4 Å². The minimum absolute atomic E-state index is 0.0525. The summed E-state index contributed by atoms with van der Waals surface area (Å²) in [5.41, 5.74) is 1.38. The van der Waals surface area contributed by atoms with Crippen LogP contribution in [-0.4, -0.2) is 50.7 Å². The molecule has 0 aliphatic carbocycles. The molecule has 0 bridgehead atoms. The predicted molar refractivity (Wildman–Crippen MR) is 92.4 cm³/mol. The molecule has 0 aromatic carbocycles. The van der Waals surface area contributed by atoms with E-state index in [2.05, 4.69) is 24.3 Å². The van der Waals surface area contributed by atoms with Gasteiger partial charge in [-0.3, -0.25) is 14.3 Å². The number of thioether (sulfide) groups is 1. The van der Waals surface area contributed by atoms with E-state index in [1.165, 1.54) is 0 Å². The molecular weight excluding hydrogens is 312 g/mol. The number of carbonyl (C=O) groups is 2. The van der Waals surface area contributed by atoms with Crippen LogP contribution in [0, 0.1) is 12.8 Å². The smallest absolute Gasteiger partial charge is 0.273 e. The van der Waals surface area contributed by atoms with E-state index in [1.807, 2.05) is 13.8 Å². The van der Waals surface area contributed by atoms with Crippen LogP contribution < -0.4 is 5.32 Å². The summed E-state index contributed by atoms with van der Waals surface area (Å²) in [6, 6.07) is 1.41. The van der Waals surface area contributed by atoms with Crippen molar-refractivity contribution in [2.75, 3.05) is 18.2 Å². The van der Waals surface area contributed by atoms with Gasteiger partial charge in [-0.25, -0.2) is 0 Å². The van der Waals surface area contributed by atoms with Crippen molar-refractivity contribution in [1.82, 2.24) is 20.0 Å². The zero-order valence-corrected chi connectivity index (χ0v) is 15.2. The number of nitrogens with zero attached hydrogens (tertiary/aromatic N) is 3. The number of rotatable bonds is 6. The quantitative estimate of drug-likeness (QED) is 0.860. The minimum Gasteiger partial charge on any atom is -0.354 e. The van der Waals surface area contributed by atoms with Gasteiger partial charge in [0.05, 0.1) is 11.6 Å². The molecule has 1 N–H and O–H groups in total. The first-order valence-electron chi connectivity index (χ1n) is 8.14. The second kappa shape index (κ2) is 7.86. The van der Waals surface area contributed by atoms with Crippen LogP contribution in [0.1, 0.15) is 43.4 Å². The fourth-order valence-electron chi connectivity index (χ4n) is 2.57. The van der Waals surface area contributed by atoms with Crippen molar-refractivity contribution in [2.24, 2.45) is 5.92 Å². The molecule has 7 heteroatoms. The first kappa shape index (κ1) is 17.8. The molecule has 23 heavy (non-hydrogen) atoms. The number of carbonyl (C=O) groups excluding carboxylic acids is 2. The third-order valence-corrected chi connectivity index (χ3v) is 4.90. The summed E-state index contributed by atoms with van der Waals surface area (Å²) in [4.78, 5) is 26.9. The van der Waals surface area contributed by atoms with Crippen LogP contribution in [0.5, 0.6) is 0 Å². The molecule has 1 atom stereocenters. The summed E-state index contributed by atoms with van der Waals surface area (Å²) >= 11 is 1.62. The van der Waals surface area contributed by atoms with E-state index < -0.39 is 0 Å². The highest BCUT2D eigenvalue weighted by atomic mass is 32.2. The van der Waals surface area contributed by atoms with Crippen molar-refractivity contribution in [2.45, 2.75) is 46.7 Å². The van der Waals surface area contributed by atoms with Crippen LogP contribution in [0.4, 0.5) is 0 Å². The summed E-state index contributed by atoms with van der Waals surface area (Å²) in [7, 11) is 0. The van der Waals surface area contributed by atoms with E-state index in [4.69, 9.17) is 0 Å². The lowest BCUT2D eigenvalue weighted by Gasteiger charge is -2.23. The van der Waals surface area contributed by atoms with Crippen molar-refractivity contribution in [3.63, 3.8) is 0 Å².